The van der Waals surface area contributed by atoms with Gasteiger partial charge in [0.05, 0.1) is 11.6 Å². The number of hydrogen-bond donors (Lipinski definition) is 1. The number of nitrogens with one attached hydrogen (secondary N) is 1. The van der Waals surface area contributed by atoms with Crippen LogP contribution in [0.5, 0.6) is 0 Å². The van der Waals surface area contributed by atoms with Crippen LogP contribution in [0.15, 0.2) is 18.2 Å². The number of piperazine rings is 1. The van der Waals surface area contributed by atoms with E-state index >= 15 is 0 Å². The molecule has 1 unspecified atom stereocenters. The molecule has 1 aromatic heterocycles. The van der Waals surface area contributed by atoms with Crippen molar-refractivity contribution in [3.63, 3.8) is 0 Å². The molecule has 21 heavy (non-hydrogen) atoms. The summed E-state index contributed by atoms with van der Waals surface area (Å²) in [7, 11) is 0. The molecule has 114 valence electrons. The van der Waals surface area contributed by atoms with Gasteiger partial charge in [0.15, 0.2) is 5.82 Å². The fraction of sp³-hybridized carbons (Fsp3) is 0.562. The van der Waals surface area contributed by atoms with Crippen molar-refractivity contribution in [1.82, 2.24) is 19.8 Å². The Kier molecular flexibility index (Phi) is 4.22. The molecule has 1 atom stereocenters. The maximum absolute atomic E-state index is 14.0. The number of halogens is 1. The highest BCUT2D eigenvalue weighted by molar-refractivity contribution is 5.76. The lowest BCUT2D eigenvalue weighted by Gasteiger charge is -2.32. The van der Waals surface area contributed by atoms with E-state index in [4.69, 9.17) is 0 Å². The van der Waals surface area contributed by atoms with Crippen LogP contribution in [0.1, 0.15) is 32.1 Å². The second-order valence-corrected chi connectivity index (χ2v) is 5.69. The number of rotatable bonds is 4. The molecule has 2 heterocycles. The van der Waals surface area contributed by atoms with Crippen molar-refractivity contribution in [3.05, 3.63) is 29.8 Å². The third-order valence-corrected chi connectivity index (χ3v) is 4.28. The van der Waals surface area contributed by atoms with Gasteiger partial charge in [-0.2, -0.15) is 0 Å². The summed E-state index contributed by atoms with van der Waals surface area (Å²) in [5.41, 5.74) is 1.41. The molecule has 1 N–H and O–H groups in total. The minimum Gasteiger partial charge on any atom is -0.327 e. The summed E-state index contributed by atoms with van der Waals surface area (Å²) in [6, 6.07) is 5.44. The topological polar surface area (TPSA) is 33.1 Å². The largest absolute Gasteiger partial charge is 0.327 e. The van der Waals surface area contributed by atoms with Crippen molar-refractivity contribution in [2.75, 3.05) is 26.2 Å². The van der Waals surface area contributed by atoms with Crippen molar-refractivity contribution in [3.8, 4) is 0 Å². The third-order valence-electron chi connectivity index (χ3n) is 4.28. The van der Waals surface area contributed by atoms with E-state index in [1.807, 2.05) is 6.07 Å². The van der Waals surface area contributed by atoms with Crippen LogP contribution in [0, 0.1) is 5.82 Å². The average molecular weight is 290 g/mol. The zero-order valence-electron chi connectivity index (χ0n) is 12.8. The molecule has 1 aliphatic heterocycles. The van der Waals surface area contributed by atoms with Crippen LogP contribution in [0.25, 0.3) is 11.0 Å². The summed E-state index contributed by atoms with van der Waals surface area (Å²) in [6.07, 6.45) is 1.02. The van der Waals surface area contributed by atoms with Crippen molar-refractivity contribution in [2.24, 2.45) is 0 Å². The molecule has 0 aliphatic carbocycles. The minimum absolute atomic E-state index is 0.213. The molecule has 0 bridgehead atoms. The zero-order chi connectivity index (χ0) is 14.8. The number of para-hydroxylation sites is 1. The first-order valence-corrected chi connectivity index (χ1v) is 7.81. The SMILES string of the molecule is CCCn1c(C(C)N2CCNCC2)nc2c(F)cccc21. The second kappa shape index (κ2) is 6.12. The van der Waals surface area contributed by atoms with Crippen LogP contribution in [-0.4, -0.2) is 40.6 Å². The van der Waals surface area contributed by atoms with E-state index in [0.717, 1.165) is 50.5 Å². The van der Waals surface area contributed by atoms with E-state index in [1.165, 1.54) is 6.07 Å². The molecule has 0 spiro atoms. The standard InChI is InChI=1S/C16H23FN4/c1-3-9-21-14-6-4-5-13(17)15(14)19-16(21)12(2)20-10-7-18-8-11-20/h4-6,12,18H,3,7-11H2,1-2H3. The van der Waals surface area contributed by atoms with Gasteiger partial charge in [-0.05, 0) is 25.5 Å². The van der Waals surface area contributed by atoms with Gasteiger partial charge in [0, 0.05) is 32.7 Å². The highest BCUT2D eigenvalue weighted by Crippen LogP contribution is 2.26. The second-order valence-electron chi connectivity index (χ2n) is 5.69. The maximum Gasteiger partial charge on any atom is 0.151 e. The first-order chi connectivity index (χ1) is 10.2. The van der Waals surface area contributed by atoms with E-state index in [9.17, 15) is 4.39 Å². The monoisotopic (exact) mass is 290 g/mol. The fourth-order valence-electron chi connectivity index (χ4n) is 3.14. The molecule has 1 fully saturated rings. The quantitative estimate of drug-likeness (QED) is 0.939. The van der Waals surface area contributed by atoms with Gasteiger partial charge < -0.3 is 9.88 Å². The minimum atomic E-state index is -0.226. The molecular formula is C16H23FN4. The van der Waals surface area contributed by atoms with Crippen LogP contribution in [0.4, 0.5) is 4.39 Å². The Morgan fingerprint density at radius 3 is 2.81 bits per heavy atom. The highest BCUT2D eigenvalue weighted by atomic mass is 19.1. The third kappa shape index (κ3) is 2.68. The number of hydrogen-bond acceptors (Lipinski definition) is 3. The Balaban J connectivity index is 2.03. The molecule has 3 rings (SSSR count). The van der Waals surface area contributed by atoms with Gasteiger partial charge in [-0.1, -0.05) is 13.0 Å². The lowest BCUT2D eigenvalue weighted by Crippen LogP contribution is -2.45. The maximum atomic E-state index is 14.0. The molecule has 4 nitrogen and oxygen atoms in total. The van der Waals surface area contributed by atoms with E-state index in [2.05, 4.69) is 33.6 Å². The number of aryl methyl sites for hydroxylation is 1. The lowest BCUT2D eigenvalue weighted by molar-refractivity contribution is 0.176. The molecule has 1 aromatic carbocycles. The molecule has 5 heteroatoms. The highest BCUT2D eigenvalue weighted by Gasteiger charge is 2.24. The van der Waals surface area contributed by atoms with Crippen molar-refractivity contribution < 1.29 is 4.39 Å². The first kappa shape index (κ1) is 14.5. The Morgan fingerprint density at radius 1 is 1.33 bits per heavy atom. The van der Waals surface area contributed by atoms with E-state index in [-0.39, 0.29) is 11.9 Å². The number of aromatic nitrogens is 2. The van der Waals surface area contributed by atoms with Crippen molar-refractivity contribution in [2.45, 2.75) is 32.9 Å². The van der Waals surface area contributed by atoms with Crippen LogP contribution in [0.2, 0.25) is 0 Å². The molecule has 0 saturated carbocycles. The molecule has 2 aromatic rings. The van der Waals surface area contributed by atoms with Crippen molar-refractivity contribution in [1.29, 1.82) is 0 Å². The van der Waals surface area contributed by atoms with Gasteiger partial charge in [-0.25, -0.2) is 9.37 Å². The predicted octanol–water partition coefficient (Wildman–Crippen LogP) is 2.55. The van der Waals surface area contributed by atoms with Gasteiger partial charge in [-0.15, -0.1) is 0 Å². The molecule has 1 saturated heterocycles. The molecular weight excluding hydrogens is 267 g/mol. The molecule has 0 amide bonds. The van der Waals surface area contributed by atoms with Crippen LogP contribution in [-0.2, 0) is 6.54 Å². The van der Waals surface area contributed by atoms with Gasteiger partial charge >= 0.3 is 0 Å². The summed E-state index contributed by atoms with van der Waals surface area (Å²) in [5.74, 6) is 0.759. The number of imidazole rings is 1. The average Bonchev–Trinajstić information content (AvgIpc) is 2.88. The number of nitrogens with zero attached hydrogens (tertiary/aromatic N) is 3. The summed E-state index contributed by atoms with van der Waals surface area (Å²) in [4.78, 5) is 7.05. The van der Waals surface area contributed by atoms with Crippen LogP contribution in [0.3, 0.4) is 0 Å². The predicted molar refractivity (Wildman–Crippen MR) is 82.8 cm³/mol. The number of fused-ring (bicyclic) bond motifs is 1. The first-order valence-electron chi connectivity index (χ1n) is 7.81. The Morgan fingerprint density at radius 2 is 2.10 bits per heavy atom. The summed E-state index contributed by atoms with van der Waals surface area (Å²) < 4.78 is 16.2. The van der Waals surface area contributed by atoms with E-state index in [1.54, 1.807) is 6.07 Å². The smallest absolute Gasteiger partial charge is 0.151 e. The zero-order valence-corrected chi connectivity index (χ0v) is 12.8. The van der Waals surface area contributed by atoms with E-state index in [0.29, 0.717) is 5.52 Å². The van der Waals surface area contributed by atoms with Gasteiger partial charge in [0.1, 0.15) is 11.3 Å². The lowest BCUT2D eigenvalue weighted by atomic mass is 10.2. The Bertz CT molecular complexity index is 616. The van der Waals surface area contributed by atoms with Gasteiger partial charge in [0.25, 0.3) is 0 Å². The molecule has 1 aliphatic rings. The fourth-order valence-corrected chi connectivity index (χ4v) is 3.14. The summed E-state index contributed by atoms with van der Waals surface area (Å²) in [5, 5.41) is 3.37. The van der Waals surface area contributed by atoms with Crippen LogP contribution < -0.4 is 5.32 Å². The van der Waals surface area contributed by atoms with Crippen molar-refractivity contribution >= 4 is 11.0 Å². The normalized spacial score (nSPS) is 18.2. The Labute approximate surface area is 125 Å². The van der Waals surface area contributed by atoms with E-state index < -0.39 is 0 Å². The summed E-state index contributed by atoms with van der Waals surface area (Å²) >= 11 is 0. The van der Waals surface area contributed by atoms with Gasteiger partial charge in [-0.3, -0.25) is 4.90 Å². The van der Waals surface area contributed by atoms with Crippen LogP contribution >= 0.6 is 0 Å². The Hall–Kier alpha value is -1.46. The summed E-state index contributed by atoms with van der Waals surface area (Å²) in [6.45, 7) is 9.24. The number of benzene rings is 1. The van der Waals surface area contributed by atoms with Gasteiger partial charge in [0.2, 0.25) is 0 Å². The molecule has 0 radical (unpaired) electrons.